The smallest absolute Gasteiger partial charge is 0.139 e. The Morgan fingerprint density at radius 3 is 2.33 bits per heavy atom. The maximum Gasteiger partial charge on any atom is 0.139 e. The van der Waals surface area contributed by atoms with Gasteiger partial charge < -0.3 is 4.90 Å². The molecule has 0 radical (unpaired) electrons. The number of nitrogens with zero attached hydrogens (tertiary/aromatic N) is 1. The molecule has 0 aromatic heterocycles. The number of hydrogen-bond donors (Lipinski definition) is 0. The average Bonchev–Trinajstić information content (AvgIpc) is 2.45. The Morgan fingerprint density at radius 2 is 1.78 bits per heavy atom. The van der Waals surface area contributed by atoms with Gasteiger partial charge in [0.15, 0.2) is 0 Å². The van der Waals surface area contributed by atoms with Gasteiger partial charge in [0.25, 0.3) is 0 Å². The van der Waals surface area contributed by atoms with E-state index in [0.717, 1.165) is 51.7 Å². The Bertz CT molecular complexity index is 418. The van der Waals surface area contributed by atoms with Crippen LogP contribution >= 0.6 is 0 Å². The van der Waals surface area contributed by atoms with Gasteiger partial charge in [0, 0.05) is 18.4 Å². The second-order valence-corrected chi connectivity index (χ2v) is 5.78. The zero-order valence-corrected chi connectivity index (χ0v) is 10.9. The van der Waals surface area contributed by atoms with Gasteiger partial charge in [-0.2, -0.15) is 0 Å². The molecule has 1 saturated carbocycles. The first-order valence-electron chi connectivity index (χ1n) is 7.08. The first kappa shape index (κ1) is 11.9. The Balaban J connectivity index is 1.47. The zero-order valence-electron chi connectivity index (χ0n) is 10.9. The van der Waals surface area contributed by atoms with Crippen LogP contribution < -0.4 is 0 Å². The summed E-state index contributed by atoms with van der Waals surface area (Å²) in [5, 5.41) is 0. The van der Waals surface area contributed by atoms with E-state index in [0.29, 0.717) is 5.78 Å². The zero-order chi connectivity index (χ0) is 12.4. The average molecular weight is 243 g/mol. The second-order valence-electron chi connectivity index (χ2n) is 5.78. The van der Waals surface area contributed by atoms with Crippen molar-refractivity contribution < 1.29 is 4.79 Å². The molecule has 0 amide bonds. The minimum absolute atomic E-state index is 0.114. The molecule has 2 heteroatoms. The van der Waals surface area contributed by atoms with Crippen LogP contribution in [0.3, 0.4) is 0 Å². The third-order valence-electron chi connectivity index (χ3n) is 4.79. The molecule has 0 N–H and O–H groups in total. The van der Waals surface area contributed by atoms with E-state index in [-0.39, 0.29) is 5.41 Å². The van der Waals surface area contributed by atoms with Crippen molar-refractivity contribution >= 4 is 5.78 Å². The summed E-state index contributed by atoms with van der Waals surface area (Å²) in [6, 6.07) is 10.7. The van der Waals surface area contributed by atoms with Crippen molar-refractivity contribution in [1.82, 2.24) is 4.90 Å². The SMILES string of the molecule is O=C1CCC12CCN(CCc1ccccc1)CC2. The number of piperidine rings is 1. The number of Topliss-reactive ketones (excluding diaryl/α,β-unsaturated/α-hetero) is 1. The predicted molar refractivity (Wildman–Crippen MR) is 72.5 cm³/mol. The minimum atomic E-state index is 0.114. The van der Waals surface area contributed by atoms with E-state index in [4.69, 9.17) is 0 Å². The molecular formula is C16H21NO. The molecule has 0 bridgehead atoms. The van der Waals surface area contributed by atoms with E-state index in [2.05, 4.69) is 35.2 Å². The fourth-order valence-corrected chi connectivity index (χ4v) is 3.25. The summed E-state index contributed by atoms with van der Waals surface area (Å²) in [7, 11) is 0. The topological polar surface area (TPSA) is 20.3 Å². The van der Waals surface area contributed by atoms with E-state index in [9.17, 15) is 4.79 Å². The maximum atomic E-state index is 11.7. The normalized spacial score (nSPS) is 23.0. The summed E-state index contributed by atoms with van der Waals surface area (Å²) in [4.78, 5) is 14.2. The minimum Gasteiger partial charge on any atom is -0.303 e. The molecule has 1 spiro atoms. The van der Waals surface area contributed by atoms with Crippen molar-refractivity contribution in [3.05, 3.63) is 35.9 Å². The van der Waals surface area contributed by atoms with Crippen LogP contribution in [0.4, 0.5) is 0 Å². The molecule has 1 saturated heterocycles. The monoisotopic (exact) mass is 243 g/mol. The fourth-order valence-electron chi connectivity index (χ4n) is 3.25. The molecule has 1 aromatic rings. The summed E-state index contributed by atoms with van der Waals surface area (Å²) >= 11 is 0. The second kappa shape index (κ2) is 4.85. The highest BCUT2D eigenvalue weighted by Crippen LogP contribution is 2.45. The molecule has 1 aromatic carbocycles. The van der Waals surface area contributed by atoms with E-state index in [1.807, 2.05) is 0 Å². The molecule has 0 atom stereocenters. The van der Waals surface area contributed by atoms with Crippen LogP contribution in [0.25, 0.3) is 0 Å². The quantitative estimate of drug-likeness (QED) is 0.813. The lowest BCUT2D eigenvalue weighted by atomic mass is 9.62. The number of ketones is 1. The highest BCUT2D eigenvalue weighted by atomic mass is 16.1. The molecular weight excluding hydrogens is 222 g/mol. The molecule has 1 heterocycles. The van der Waals surface area contributed by atoms with Crippen LogP contribution in [0.1, 0.15) is 31.2 Å². The summed E-state index contributed by atoms with van der Waals surface area (Å²) in [5.41, 5.74) is 1.53. The molecule has 2 nitrogen and oxygen atoms in total. The van der Waals surface area contributed by atoms with E-state index >= 15 is 0 Å². The Hall–Kier alpha value is -1.15. The summed E-state index contributed by atoms with van der Waals surface area (Å²) < 4.78 is 0. The third kappa shape index (κ3) is 2.22. The van der Waals surface area contributed by atoms with Crippen LogP contribution in [-0.4, -0.2) is 30.3 Å². The van der Waals surface area contributed by atoms with Gasteiger partial charge in [-0.15, -0.1) is 0 Å². The van der Waals surface area contributed by atoms with Crippen molar-refractivity contribution in [3.8, 4) is 0 Å². The largest absolute Gasteiger partial charge is 0.303 e. The Labute approximate surface area is 109 Å². The number of likely N-dealkylation sites (tertiary alicyclic amines) is 1. The lowest BCUT2D eigenvalue weighted by molar-refractivity contribution is -0.142. The summed E-state index contributed by atoms with van der Waals surface area (Å²) in [6.45, 7) is 3.35. The molecule has 1 aliphatic carbocycles. The number of hydrogen-bond acceptors (Lipinski definition) is 2. The first-order valence-corrected chi connectivity index (χ1v) is 7.08. The number of carbonyl (C=O) groups is 1. The van der Waals surface area contributed by atoms with Crippen molar-refractivity contribution in [2.45, 2.75) is 32.1 Å². The number of rotatable bonds is 3. The Kier molecular flexibility index (Phi) is 3.21. The van der Waals surface area contributed by atoms with E-state index in [1.54, 1.807) is 0 Å². The number of carbonyl (C=O) groups excluding carboxylic acids is 1. The third-order valence-corrected chi connectivity index (χ3v) is 4.79. The molecule has 2 fully saturated rings. The standard InChI is InChI=1S/C16H21NO/c18-15-6-8-16(15)9-12-17(13-10-16)11-7-14-4-2-1-3-5-14/h1-5H,6-13H2. The lowest BCUT2D eigenvalue weighted by Crippen LogP contribution is -2.49. The van der Waals surface area contributed by atoms with Crippen LogP contribution in [0.2, 0.25) is 0 Å². The lowest BCUT2D eigenvalue weighted by Gasteiger charge is -2.46. The van der Waals surface area contributed by atoms with Gasteiger partial charge in [0.2, 0.25) is 0 Å². The van der Waals surface area contributed by atoms with Crippen LogP contribution in [-0.2, 0) is 11.2 Å². The van der Waals surface area contributed by atoms with Crippen molar-refractivity contribution in [3.63, 3.8) is 0 Å². The highest BCUT2D eigenvalue weighted by Gasteiger charge is 2.46. The fraction of sp³-hybridized carbons (Fsp3) is 0.562. The molecule has 3 rings (SSSR count). The number of benzene rings is 1. The molecule has 1 aliphatic heterocycles. The van der Waals surface area contributed by atoms with Gasteiger partial charge in [0.1, 0.15) is 5.78 Å². The highest BCUT2D eigenvalue weighted by molar-refractivity contribution is 5.90. The molecule has 2 aliphatic rings. The molecule has 96 valence electrons. The molecule has 0 unspecified atom stereocenters. The van der Waals surface area contributed by atoms with Gasteiger partial charge in [-0.3, -0.25) is 4.79 Å². The van der Waals surface area contributed by atoms with Crippen LogP contribution in [0, 0.1) is 5.41 Å². The first-order chi connectivity index (χ1) is 8.78. The van der Waals surface area contributed by atoms with Gasteiger partial charge >= 0.3 is 0 Å². The maximum absolute atomic E-state index is 11.7. The summed E-state index contributed by atoms with van der Waals surface area (Å²) in [6.07, 6.45) is 5.31. The van der Waals surface area contributed by atoms with Crippen molar-refractivity contribution in [2.24, 2.45) is 5.41 Å². The van der Waals surface area contributed by atoms with Gasteiger partial charge in [-0.1, -0.05) is 30.3 Å². The van der Waals surface area contributed by atoms with Gasteiger partial charge in [-0.05, 0) is 44.3 Å². The van der Waals surface area contributed by atoms with Crippen LogP contribution in [0.15, 0.2) is 30.3 Å². The van der Waals surface area contributed by atoms with Crippen molar-refractivity contribution in [1.29, 1.82) is 0 Å². The Morgan fingerprint density at radius 1 is 1.06 bits per heavy atom. The van der Waals surface area contributed by atoms with E-state index < -0.39 is 0 Å². The van der Waals surface area contributed by atoms with E-state index in [1.165, 1.54) is 5.56 Å². The molecule has 18 heavy (non-hydrogen) atoms. The predicted octanol–water partition coefficient (Wildman–Crippen LogP) is 2.67. The van der Waals surface area contributed by atoms with Crippen molar-refractivity contribution in [2.75, 3.05) is 19.6 Å². The van der Waals surface area contributed by atoms with Gasteiger partial charge in [-0.25, -0.2) is 0 Å². The summed E-state index contributed by atoms with van der Waals surface area (Å²) in [5.74, 6) is 0.533. The van der Waals surface area contributed by atoms with Crippen LogP contribution in [0.5, 0.6) is 0 Å². The van der Waals surface area contributed by atoms with Gasteiger partial charge in [0.05, 0.1) is 0 Å².